The van der Waals surface area contributed by atoms with Gasteiger partial charge >= 0.3 is 0 Å². The molecule has 0 spiro atoms. The van der Waals surface area contributed by atoms with E-state index in [1.54, 1.807) is 6.26 Å². The first-order valence-corrected chi connectivity index (χ1v) is 5.28. The first-order chi connectivity index (χ1) is 6.72. The van der Waals surface area contributed by atoms with Gasteiger partial charge in [0.25, 0.3) is 0 Å². The van der Waals surface area contributed by atoms with Crippen LogP contribution < -0.4 is 5.32 Å². The van der Waals surface area contributed by atoms with Crippen LogP contribution in [-0.2, 0) is 11.2 Å². The lowest BCUT2D eigenvalue weighted by Crippen LogP contribution is -2.34. The quantitative estimate of drug-likeness (QED) is 0.730. The number of carbonyl (C=O) groups is 1. The average molecular weight is 213 g/mol. The molecule has 1 heterocycles. The molecule has 0 radical (unpaired) electrons. The summed E-state index contributed by atoms with van der Waals surface area (Å²) >= 11 is 3.99. The largest absolute Gasteiger partial charge is 0.469 e. The number of hydrogen-bond acceptors (Lipinski definition) is 3. The normalized spacial score (nSPS) is 12.4. The topological polar surface area (TPSA) is 42.2 Å². The second kappa shape index (κ2) is 5.75. The van der Waals surface area contributed by atoms with Gasteiger partial charge in [-0.05, 0) is 24.8 Å². The zero-order valence-corrected chi connectivity index (χ0v) is 9.09. The monoisotopic (exact) mass is 213 g/mol. The molecule has 0 saturated heterocycles. The maximum absolute atomic E-state index is 11.2. The molecule has 4 heteroatoms. The van der Waals surface area contributed by atoms with Crippen LogP contribution in [0, 0.1) is 0 Å². The minimum Gasteiger partial charge on any atom is -0.469 e. The summed E-state index contributed by atoms with van der Waals surface area (Å²) in [4.78, 5) is 11.2. The van der Waals surface area contributed by atoms with Crippen LogP contribution >= 0.6 is 12.6 Å². The number of nitrogens with one attached hydrogen (secondary N) is 1. The molecule has 0 bridgehead atoms. The van der Waals surface area contributed by atoms with Crippen molar-refractivity contribution in [1.29, 1.82) is 0 Å². The molecule has 0 saturated carbocycles. The van der Waals surface area contributed by atoms with E-state index in [1.165, 1.54) is 0 Å². The van der Waals surface area contributed by atoms with E-state index in [2.05, 4.69) is 17.9 Å². The number of thiol groups is 1. The standard InChI is InChI=1S/C10H15NO2S/c1-8(11-10(12)4-6-14)7-9-3-2-5-13-9/h2-3,5,8,14H,4,6-7H2,1H3,(H,11,12). The lowest BCUT2D eigenvalue weighted by molar-refractivity contribution is -0.121. The van der Waals surface area contributed by atoms with Crippen molar-refractivity contribution in [2.45, 2.75) is 25.8 Å². The first kappa shape index (κ1) is 11.2. The molecule has 0 aromatic carbocycles. The Morgan fingerprint density at radius 2 is 2.50 bits per heavy atom. The molecule has 1 N–H and O–H groups in total. The number of hydrogen-bond donors (Lipinski definition) is 2. The van der Waals surface area contributed by atoms with Crippen LogP contribution in [0.4, 0.5) is 0 Å². The molecule has 78 valence electrons. The van der Waals surface area contributed by atoms with E-state index >= 15 is 0 Å². The molecule has 0 aliphatic heterocycles. The van der Waals surface area contributed by atoms with E-state index in [4.69, 9.17) is 4.42 Å². The Balaban J connectivity index is 2.29. The zero-order chi connectivity index (χ0) is 10.4. The maximum atomic E-state index is 11.2. The summed E-state index contributed by atoms with van der Waals surface area (Å²) in [6.07, 6.45) is 2.83. The van der Waals surface area contributed by atoms with Crippen molar-refractivity contribution in [1.82, 2.24) is 5.32 Å². The Labute approximate surface area is 89.3 Å². The fraction of sp³-hybridized carbons (Fsp3) is 0.500. The minimum absolute atomic E-state index is 0.0408. The van der Waals surface area contributed by atoms with E-state index in [0.717, 1.165) is 12.2 Å². The van der Waals surface area contributed by atoms with Gasteiger partial charge < -0.3 is 9.73 Å². The third-order valence-corrected chi connectivity index (χ3v) is 2.06. The molecule has 1 aromatic rings. The maximum Gasteiger partial charge on any atom is 0.221 e. The number of carbonyl (C=O) groups excluding carboxylic acids is 1. The fourth-order valence-electron chi connectivity index (χ4n) is 1.23. The van der Waals surface area contributed by atoms with Gasteiger partial charge in [0.2, 0.25) is 5.91 Å². The fourth-order valence-corrected chi connectivity index (χ4v) is 1.43. The van der Waals surface area contributed by atoms with E-state index in [1.807, 2.05) is 19.1 Å². The Bertz CT molecular complexity index is 272. The van der Waals surface area contributed by atoms with Crippen molar-refractivity contribution >= 4 is 18.5 Å². The zero-order valence-electron chi connectivity index (χ0n) is 8.19. The van der Waals surface area contributed by atoms with Gasteiger partial charge in [0, 0.05) is 18.9 Å². The molecule has 1 atom stereocenters. The molecule has 1 unspecified atom stereocenters. The Hall–Kier alpha value is -0.900. The summed E-state index contributed by atoms with van der Waals surface area (Å²) in [7, 11) is 0. The molecule has 0 fully saturated rings. The molecular formula is C10H15NO2S. The van der Waals surface area contributed by atoms with E-state index in [9.17, 15) is 4.79 Å². The highest BCUT2D eigenvalue weighted by atomic mass is 32.1. The third kappa shape index (κ3) is 3.87. The Kier molecular flexibility index (Phi) is 4.59. The van der Waals surface area contributed by atoms with Crippen LogP contribution in [0.2, 0.25) is 0 Å². The highest BCUT2D eigenvalue weighted by Crippen LogP contribution is 2.03. The first-order valence-electron chi connectivity index (χ1n) is 4.65. The summed E-state index contributed by atoms with van der Waals surface area (Å²) in [5.74, 6) is 1.52. The average Bonchev–Trinajstić information content (AvgIpc) is 2.56. The Morgan fingerprint density at radius 1 is 1.71 bits per heavy atom. The highest BCUT2D eigenvalue weighted by Gasteiger charge is 2.08. The van der Waals surface area contributed by atoms with Gasteiger partial charge in [-0.2, -0.15) is 12.6 Å². The second-order valence-electron chi connectivity index (χ2n) is 3.23. The number of amides is 1. The van der Waals surface area contributed by atoms with Gasteiger partial charge in [-0.15, -0.1) is 0 Å². The highest BCUT2D eigenvalue weighted by molar-refractivity contribution is 7.80. The van der Waals surface area contributed by atoms with Crippen molar-refractivity contribution in [2.75, 3.05) is 5.75 Å². The van der Waals surface area contributed by atoms with Crippen LogP contribution in [0.3, 0.4) is 0 Å². The molecule has 1 aromatic heterocycles. The summed E-state index contributed by atoms with van der Waals surface area (Å²) in [5.41, 5.74) is 0. The van der Waals surface area contributed by atoms with E-state index < -0.39 is 0 Å². The van der Waals surface area contributed by atoms with Crippen molar-refractivity contribution in [3.05, 3.63) is 24.2 Å². The van der Waals surface area contributed by atoms with Crippen LogP contribution in [-0.4, -0.2) is 17.7 Å². The van der Waals surface area contributed by atoms with Crippen molar-refractivity contribution in [3.8, 4) is 0 Å². The summed E-state index contributed by atoms with van der Waals surface area (Å²) in [6.45, 7) is 1.96. The predicted molar refractivity (Wildman–Crippen MR) is 58.5 cm³/mol. The number of rotatable bonds is 5. The van der Waals surface area contributed by atoms with Crippen LogP contribution in [0.25, 0.3) is 0 Å². The van der Waals surface area contributed by atoms with E-state index in [0.29, 0.717) is 12.2 Å². The van der Waals surface area contributed by atoms with Crippen molar-refractivity contribution in [2.24, 2.45) is 0 Å². The third-order valence-electron chi connectivity index (χ3n) is 1.83. The molecule has 3 nitrogen and oxygen atoms in total. The smallest absolute Gasteiger partial charge is 0.221 e. The summed E-state index contributed by atoms with van der Waals surface area (Å²) < 4.78 is 5.18. The summed E-state index contributed by atoms with van der Waals surface area (Å²) in [6, 6.07) is 3.85. The lowest BCUT2D eigenvalue weighted by Gasteiger charge is -2.11. The SMILES string of the molecule is CC(Cc1ccco1)NC(=O)CCS. The van der Waals surface area contributed by atoms with Crippen LogP contribution in [0.5, 0.6) is 0 Å². The number of furan rings is 1. The van der Waals surface area contributed by atoms with Gasteiger partial charge in [0.1, 0.15) is 5.76 Å². The summed E-state index contributed by atoms with van der Waals surface area (Å²) in [5, 5.41) is 2.87. The van der Waals surface area contributed by atoms with Gasteiger partial charge in [-0.1, -0.05) is 0 Å². The minimum atomic E-state index is 0.0408. The molecular weight excluding hydrogens is 198 g/mol. The molecule has 14 heavy (non-hydrogen) atoms. The predicted octanol–water partition coefficient (Wildman–Crippen LogP) is 1.65. The van der Waals surface area contributed by atoms with Crippen LogP contribution in [0.15, 0.2) is 22.8 Å². The van der Waals surface area contributed by atoms with Gasteiger partial charge in [-0.3, -0.25) is 4.79 Å². The lowest BCUT2D eigenvalue weighted by atomic mass is 10.2. The molecule has 1 amide bonds. The second-order valence-corrected chi connectivity index (χ2v) is 3.67. The van der Waals surface area contributed by atoms with Crippen LogP contribution in [0.1, 0.15) is 19.1 Å². The van der Waals surface area contributed by atoms with Crippen molar-refractivity contribution < 1.29 is 9.21 Å². The molecule has 0 aliphatic carbocycles. The van der Waals surface area contributed by atoms with E-state index in [-0.39, 0.29) is 11.9 Å². The van der Waals surface area contributed by atoms with Gasteiger partial charge in [-0.25, -0.2) is 0 Å². The molecule has 0 aliphatic rings. The van der Waals surface area contributed by atoms with Gasteiger partial charge in [0.05, 0.1) is 6.26 Å². The van der Waals surface area contributed by atoms with Gasteiger partial charge in [0.15, 0.2) is 0 Å². The van der Waals surface area contributed by atoms with Crippen molar-refractivity contribution in [3.63, 3.8) is 0 Å². The Morgan fingerprint density at radius 3 is 3.07 bits per heavy atom. The molecule has 1 rings (SSSR count).